The molecule has 2 unspecified atom stereocenters. The summed E-state index contributed by atoms with van der Waals surface area (Å²) in [4.78, 5) is 21.3. The molecule has 5 N–H and O–H groups in total. The summed E-state index contributed by atoms with van der Waals surface area (Å²) in [6.07, 6.45) is -9.50. The third-order valence-corrected chi connectivity index (χ3v) is 4.18. The molecule has 0 aliphatic carbocycles. The third kappa shape index (κ3) is 5.91. The maximum absolute atomic E-state index is 13.3. The van der Waals surface area contributed by atoms with Crippen molar-refractivity contribution in [1.82, 2.24) is 4.72 Å². The van der Waals surface area contributed by atoms with Gasteiger partial charge in [-0.3, -0.25) is 4.79 Å². The summed E-state index contributed by atoms with van der Waals surface area (Å²) in [5.41, 5.74) is 3.57. The van der Waals surface area contributed by atoms with E-state index in [2.05, 4.69) is 10.5 Å². The lowest BCUT2D eigenvalue weighted by Crippen LogP contribution is -2.41. The van der Waals surface area contributed by atoms with E-state index in [0.717, 1.165) is 0 Å². The standard InChI is InChI=1S/C12H12F4N2O7S/c13-5-1-2-8(26(23,24)18-12(14,15)16)6(3-5)11(22)25-4-7(19)9(20)10(17)21/h1-3,7,9,18-20H,4H2,(H2,17,21). The molecular formula is C12H12F4N2O7S. The maximum Gasteiger partial charge on any atom is 0.470 e. The van der Waals surface area contributed by atoms with E-state index in [0.29, 0.717) is 22.9 Å². The number of nitrogens with two attached hydrogens (primary N) is 1. The Morgan fingerprint density at radius 3 is 2.35 bits per heavy atom. The molecule has 0 radical (unpaired) electrons. The Kier molecular flexibility index (Phi) is 6.65. The summed E-state index contributed by atoms with van der Waals surface area (Å²) in [5, 5.41) is 18.5. The van der Waals surface area contributed by atoms with Crippen LogP contribution >= 0.6 is 0 Å². The zero-order valence-corrected chi connectivity index (χ0v) is 13.3. The van der Waals surface area contributed by atoms with E-state index in [-0.39, 0.29) is 0 Å². The van der Waals surface area contributed by atoms with Crippen LogP contribution in [0.5, 0.6) is 0 Å². The van der Waals surface area contributed by atoms with Gasteiger partial charge in [-0.15, -0.1) is 4.72 Å². The fourth-order valence-corrected chi connectivity index (χ4v) is 2.72. The van der Waals surface area contributed by atoms with Crippen molar-refractivity contribution in [2.75, 3.05) is 6.61 Å². The van der Waals surface area contributed by atoms with Crippen molar-refractivity contribution in [3.63, 3.8) is 0 Å². The molecule has 0 aromatic heterocycles. The second kappa shape index (κ2) is 7.94. The number of alkyl halides is 3. The smallest absolute Gasteiger partial charge is 0.459 e. The number of amides is 1. The predicted octanol–water partition coefficient (Wildman–Crippen LogP) is -1.01. The predicted molar refractivity (Wildman–Crippen MR) is 74.3 cm³/mol. The molecule has 1 amide bonds. The number of sulfonamides is 1. The van der Waals surface area contributed by atoms with Gasteiger partial charge in [-0.25, -0.2) is 17.6 Å². The first-order valence-electron chi connectivity index (χ1n) is 6.47. The molecule has 0 spiro atoms. The van der Waals surface area contributed by atoms with Crippen LogP contribution in [0.15, 0.2) is 23.1 Å². The van der Waals surface area contributed by atoms with Crippen molar-refractivity contribution < 1.29 is 50.5 Å². The van der Waals surface area contributed by atoms with Crippen LogP contribution in [-0.4, -0.2) is 55.6 Å². The summed E-state index contributed by atoms with van der Waals surface area (Å²) in [6.45, 7) is -1.08. The molecule has 0 fully saturated rings. The van der Waals surface area contributed by atoms with Gasteiger partial charge in [-0.2, -0.15) is 13.2 Å². The number of halogens is 4. The number of hydrogen-bond acceptors (Lipinski definition) is 7. The quantitative estimate of drug-likeness (QED) is 0.258. The number of rotatable bonds is 7. The molecule has 2 atom stereocenters. The van der Waals surface area contributed by atoms with Crippen LogP contribution in [0.1, 0.15) is 10.4 Å². The Hall–Kier alpha value is -2.29. The molecule has 0 aliphatic rings. The Bertz CT molecular complexity index is 797. The molecule has 0 saturated heterocycles. The van der Waals surface area contributed by atoms with Gasteiger partial charge in [-0.05, 0) is 18.2 Å². The molecule has 1 aromatic rings. The molecule has 0 bridgehead atoms. The van der Waals surface area contributed by atoms with Crippen LogP contribution in [0, 0.1) is 5.82 Å². The highest BCUT2D eigenvalue weighted by Crippen LogP contribution is 2.22. The number of carbonyl (C=O) groups excluding carboxylic acids is 2. The van der Waals surface area contributed by atoms with Crippen LogP contribution in [0.25, 0.3) is 0 Å². The summed E-state index contributed by atoms with van der Waals surface area (Å²) in [7, 11) is -5.31. The molecule has 9 nitrogen and oxygen atoms in total. The highest BCUT2D eigenvalue weighted by molar-refractivity contribution is 7.89. The van der Waals surface area contributed by atoms with E-state index in [9.17, 15) is 40.7 Å². The largest absolute Gasteiger partial charge is 0.470 e. The molecule has 0 saturated carbocycles. The number of esters is 1. The zero-order valence-electron chi connectivity index (χ0n) is 12.5. The minimum atomic E-state index is -5.36. The molecule has 0 heterocycles. The summed E-state index contributed by atoms with van der Waals surface area (Å²) in [6, 6.07) is 1.19. The Morgan fingerprint density at radius 2 is 1.85 bits per heavy atom. The molecule has 14 heteroatoms. The first kappa shape index (κ1) is 21.8. The number of primary amides is 1. The van der Waals surface area contributed by atoms with Gasteiger partial charge in [0.05, 0.1) is 10.5 Å². The molecule has 1 rings (SSSR count). The van der Waals surface area contributed by atoms with Crippen LogP contribution in [0.3, 0.4) is 0 Å². The Morgan fingerprint density at radius 1 is 1.27 bits per heavy atom. The number of nitrogens with one attached hydrogen (secondary N) is 1. The number of aliphatic hydroxyl groups is 2. The van der Waals surface area contributed by atoms with Gasteiger partial charge >= 0.3 is 12.3 Å². The molecular weight excluding hydrogens is 392 g/mol. The number of carbonyl (C=O) groups is 2. The molecule has 0 aliphatic heterocycles. The first-order valence-corrected chi connectivity index (χ1v) is 7.96. The fraction of sp³-hybridized carbons (Fsp3) is 0.333. The van der Waals surface area contributed by atoms with Gasteiger partial charge in [-0.1, -0.05) is 0 Å². The lowest BCUT2D eigenvalue weighted by molar-refractivity contribution is -0.138. The van der Waals surface area contributed by atoms with Gasteiger partial charge in [0.15, 0.2) is 6.10 Å². The molecule has 26 heavy (non-hydrogen) atoms. The Labute approximate surface area is 143 Å². The van der Waals surface area contributed by atoms with Crippen LogP contribution in [0.2, 0.25) is 0 Å². The van der Waals surface area contributed by atoms with E-state index in [1.54, 1.807) is 0 Å². The van der Waals surface area contributed by atoms with Crippen molar-refractivity contribution in [2.24, 2.45) is 5.73 Å². The molecule has 146 valence electrons. The van der Waals surface area contributed by atoms with E-state index < -0.39 is 63.3 Å². The number of aliphatic hydroxyl groups excluding tert-OH is 2. The second-order valence-corrected chi connectivity index (χ2v) is 6.41. The van der Waals surface area contributed by atoms with Gasteiger partial charge in [0.2, 0.25) is 15.9 Å². The SMILES string of the molecule is NC(=O)C(O)C(O)COC(=O)c1cc(F)ccc1S(=O)(=O)NC(F)(F)F. The van der Waals surface area contributed by atoms with Crippen molar-refractivity contribution in [3.8, 4) is 0 Å². The van der Waals surface area contributed by atoms with E-state index in [1.165, 1.54) is 0 Å². The van der Waals surface area contributed by atoms with Crippen molar-refractivity contribution >= 4 is 21.9 Å². The third-order valence-electron chi connectivity index (χ3n) is 2.74. The van der Waals surface area contributed by atoms with E-state index in [4.69, 9.17) is 5.11 Å². The lowest BCUT2D eigenvalue weighted by atomic mass is 10.2. The lowest BCUT2D eigenvalue weighted by Gasteiger charge is -2.16. The highest BCUT2D eigenvalue weighted by Gasteiger charge is 2.37. The zero-order chi connectivity index (χ0) is 20.3. The highest BCUT2D eigenvalue weighted by atomic mass is 32.2. The second-order valence-electron chi connectivity index (χ2n) is 4.76. The maximum atomic E-state index is 13.3. The average Bonchev–Trinajstić information content (AvgIpc) is 2.48. The minimum Gasteiger partial charge on any atom is -0.459 e. The Balaban J connectivity index is 3.11. The minimum absolute atomic E-state index is 0.296. The van der Waals surface area contributed by atoms with Crippen molar-refractivity contribution in [2.45, 2.75) is 23.4 Å². The monoisotopic (exact) mass is 404 g/mol. The summed E-state index contributed by atoms with van der Waals surface area (Å²) >= 11 is 0. The van der Waals surface area contributed by atoms with Crippen LogP contribution in [0.4, 0.5) is 17.6 Å². The van der Waals surface area contributed by atoms with Gasteiger partial charge in [0.1, 0.15) is 18.5 Å². The average molecular weight is 404 g/mol. The van der Waals surface area contributed by atoms with E-state index in [1.807, 2.05) is 0 Å². The van der Waals surface area contributed by atoms with Crippen LogP contribution in [-0.2, 0) is 19.6 Å². The number of hydrogen-bond donors (Lipinski definition) is 4. The van der Waals surface area contributed by atoms with E-state index >= 15 is 0 Å². The molecule has 1 aromatic carbocycles. The first-order chi connectivity index (χ1) is 11.7. The van der Waals surface area contributed by atoms with Gasteiger partial charge < -0.3 is 20.7 Å². The summed E-state index contributed by atoms with van der Waals surface area (Å²) < 4.78 is 78.2. The summed E-state index contributed by atoms with van der Waals surface area (Å²) in [5.74, 6) is -4.17. The number of benzene rings is 1. The van der Waals surface area contributed by atoms with Gasteiger partial charge in [0, 0.05) is 0 Å². The normalized spacial score (nSPS) is 14.5. The van der Waals surface area contributed by atoms with Gasteiger partial charge in [0.25, 0.3) is 0 Å². The van der Waals surface area contributed by atoms with Crippen molar-refractivity contribution in [3.05, 3.63) is 29.6 Å². The fourth-order valence-electron chi connectivity index (χ4n) is 1.62. The van der Waals surface area contributed by atoms with Crippen LogP contribution < -0.4 is 10.5 Å². The number of ether oxygens (including phenoxy) is 1. The van der Waals surface area contributed by atoms with Crippen molar-refractivity contribution in [1.29, 1.82) is 0 Å². The topological polar surface area (TPSA) is 156 Å².